The molecule has 0 saturated heterocycles. The van der Waals surface area contributed by atoms with Gasteiger partial charge in [0.15, 0.2) is 0 Å². The van der Waals surface area contributed by atoms with Crippen molar-refractivity contribution in [1.82, 2.24) is 5.32 Å². The van der Waals surface area contributed by atoms with Gasteiger partial charge in [-0.1, -0.05) is 12.1 Å². The van der Waals surface area contributed by atoms with Gasteiger partial charge in [-0.25, -0.2) is 0 Å². The summed E-state index contributed by atoms with van der Waals surface area (Å²) in [5, 5.41) is 6.40. The van der Waals surface area contributed by atoms with Crippen LogP contribution in [0.4, 0.5) is 5.69 Å². The van der Waals surface area contributed by atoms with E-state index in [1.807, 2.05) is 6.92 Å². The zero-order valence-corrected chi connectivity index (χ0v) is 9.63. The molecule has 3 rings (SSSR count). The molecule has 84 valence electrons. The Kier molecular flexibility index (Phi) is 2.04. The van der Waals surface area contributed by atoms with Crippen molar-refractivity contribution < 1.29 is 4.79 Å². The van der Waals surface area contributed by atoms with E-state index in [2.05, 4.69) is 29.7 Å². The number of hydrogen-bond donors (Lipinski definition) is 2. The van der Waals surface area contributed by atoms with Crippen LogP contribution in [-0.2, 0) is 4.79 Å². The molecule has 1 heterocycles. The molecule has 1 fully saturated rings. The summed E-state index contributed by atoms with van der Waals surface area (Å²) in [6.07, 6.45) is 2.40. The molecular formula is C13H16N2O. The third kappa shape index (κ3) is 1.43. The van der Waals surface area contributed by atoms with Gasteiger partial charge in [0.1, 0.15) is 6.04 Å². The number of fused-ring (bicyclic) bond motifs is 1. The molecule has 0 spiro atoms. The first-order chi connectivity index (χ1) is 7.66. The molecule has 1 aliphatic carbocycles. The van der Waals surface area contributed by atoms with Crippen molar-refractivity contribution in [3.05, 3.63) is 28.8 Å². The fraction of sp³-hybridized carbons (Fsp3) is 0.462. The second-order valence-corrected chi connectivity index (χ2v) is 4.85. The minimum absolute atomic E-state index is 0.0966. The Morgan fingerprint density at radius 2 is 1.94 bits per heavy atom. The number of nitrogens with one attached hydrogen (secondary N) is 2. The maximum atomic E-state index is 11.9. The van der Waals surface area contributed by atoms with Crippen molar-refractivity contribution in [1.29, 1.82) is 0 Å². The van der Waals surface area contributed by atoms with Crippen LogP contribution in [-0.4, -0.2) is 11.9 Å². The van der Waals surface area contributed by atoms with Crippen LogP contribution in [0.1, 0.15) is 35.6 Å². The van der Waals surface area contributed by atoms with E-state index in [-0.39, 0.29) is 11.9 Å². The zero-order valence-electron chi connectivity index (χ0n) is 9.63. The van der Waals surface area contributed by atoms with Gasteiger partial charge in [-0.3, -0.25) is 10.1 Å². The molecular weight excluding hydrogens is 200 g/mol. The molecule has 2 N–H and O–H groups in total. The molecule has 1 unspecified atom stereocenters. The molecule has 3 heteroatoms. The monoisotopic (exact) mass is 216 g/mol. The Balaban J connectivity index is 2.04. The highest BCUT2D eigenvalue weighted by atomic mass is 16.2. The largest absolute Gasteiger partial charge is 0.324 e. The first kappa shape index (κ1) is 9.85. The molecule has 1 saturated carbocycles. The molecule has 0 radical (unpaired) electrons. The number of anilines is 1. The number of benzene rings is 1. The van der Waals surface area contributed by atoms with Gasteiger partial charge in [0.25, 0.3) is 0 Å². The molecule has 1 aromatic carbocycles. The minimum atomic E-state index is -0.137. The average molecular weight is 216 g/mol. The maximum Gasteiger partial charge on any atom is 0.246 e. The van der Waals surface area contributed by atoms with Crippen molar-refractivity contribution in [3.63, 3.8) is 0 Å². The summed E-state index contributed by atoms with van der Waals surface area (Å²) in [5.41, 5.74) is 4.51. The second-order valence-electron chi connectivity index (χ2n) is 4.85. The lowest BCUT2D eigenvalue weighted by atomic mass is 9.99. The van der Waals surface area contributed by atoms with Crippen LogP contribution in [0, 0.1) is 13.8 Å². The lowest BCUT2D eigenvalue weighted by Gasteiger charge is -2.13. The number of aryl methyl sites for hydroxylation is 2. The van der Waals surface area contributed by atoms with E-state index in [9.17, 15) is 4.79 Å². The van der Waals surface area contributed by atoms with E-state index >= 15 is 0 Å². The average Bonchev–Trinajstić information content (AvgIpc) is 2.99. The van der Waals surface area contributed by atoms with Crippen molar-refractivity contribution >= 4 is 11.6 Å². The van der Waals surface area contributed by atoms with Gasteiger partial charge in [0.2, 0.25) is 5.91 Å². The Bertz CT molecular complexity index is 463. The SMILES string of the molecule is Cc1ccc(C)c2c1NC(=O)C2NC1CC1. The third-order valence-corrected chi connectivity index (χ3v) is 3.45. The Hall–Kier alpha value is -1.35. The molecule has 1 aromatic rings. The van der Waals surface area contributed by atoms with Crippen LogP contribution in [0.15, 0.2) is 12.1 Å². The van der Waals surface area contributed by atoms with Gasteiger partial charge >= 0.3 is 0 Å². The molecule has 1 atom stereocenters. The van der Waals surface area contributed by atoms with Crippen LogP contribution in [0.2, 0.25) is 0 Å². The van der Waals surface area contributed by atoms with Crippen molar-refractivity contribution in [3.8, 4) is 0 Å². The fourth-order valence-electron chi connectivity index (χ4n) is 2.34. The highest BCUT2D eigenvalue weighted by Crippen LogP contribution is 2.37. The summed E-state index contributed by atoms with van der Waals surface area (Å²) in [5.74, 6) is 0.0966. The molecule has 1 aliphatic heterocycles. The van der Waals surface area contributed by atoms with E-state index < -0.39 is 0 Å². The Morgan fingerprint density at radius 1 is 1.25 bits per heavy atom. The van der Waals surface area contributed by atoms with Crippen molar-refractivity contribution in [2.75, 3.05) is 5.32 Å². The normalized spacial score (nSPS) is 23.1. The molecule has 3 nitrogen and oxygen atoms in total. The summed E-state index contributed by atoms with van der Waals surface area (Å²) in [4.78, 5) is 11.9. The minimum Gasteiger partial charge on any atom is -0.324 e. The lowest BCUT2D eigenvalue weighted by molar-refractivity contribution is -0.117. The van der Waals surface area contributed by atoms with E-state index in [0.717, 1.165) is 16.8 Å². The topological polar surface area (TPSA) is 41.1 Å². The van der Waals surface area contributed by atoms with Crippen LogP contribution in [0.25, 0.3) is 0 Å². The van der Waals surface area contributed by atoms with Crippen LogP contribution in [0.5, 0.6) is 0 Å². The summed E-state index contributed by atoms with van der Waals surface area (Å²) in [7, 11) is 0. The van der Waals surface area contributed by atoms with Gasteiger partial charge in [-0.2, -0.15) is 0 Å². The van der Waals surface area contributed by atoms with E-state index in [0.29, 0.717) is 6.04 Å². The van der Waals surface area contributed by atoms with E-state index in [4.69, 9.17) is 0 Å². The number of carbonyl (C=O) groups is 1. The lowest BCUT2D eigenvalue weighted by Crippen LogP contribution is -2.29. The fourth-order valence-corrected chi connectivity index (χ4v) is 2.34. The third-order valence-electron chi connectivity index (χ3n) is 3.45. The first-order valence-electron chi connectivity index (χ1n) is 5.84. The van der Waals surface area contributed by atoms with Crippen LogP contribution in [0.3, 0.4) is 0 Å². The number of rotatable bonds is 2. The summed E-state index contributed by atoms with van der Waals surface area (Å²) < 4.78 is 0. The Labute approximate surface area is 95.2 Å². The number of hydrogen-bond acceptors (Lipinski definition) is 2. The number of amides is 1. The number of carbonyl (C=O) groups excluding carboxylic acids is 1. The maximum absolute atomic E-state index is 11.9. The highest BCUT2D eigenvalue weighted by molar-refractivity contribution is 6.03. The summed E-state index contributed by atoms with van der Waals surface area (Å²) in [6.45, 7) is 4.11. The van der Waals surface area contributed by atoms with Crippen LogP contribution < -0.4 is 10.6 Å². The smallest absolute Gasteiger partial charge is 0.246 e. The van der Waals surface area contributed by atoms with Crippen LogP contribution >= 0.6 is 0 Å². The predicted octanol–water partition coefficient (Wildman–Crippen LogP) is 2.05. The first-order valence-corrected chi connectivity index (χ1v) is 5.84. The van der Waals surface area contributed by atoms with Gasteiger partial charge in [-0.15, -0.1) is 0 Å². The van der Waals surface area contributed by atoms with Gasteiger partial charge in [0.05, 0.1) is 0 Å². The van der Waals surface area contributed by atoms with Crippen molar-refractivity contribution in [2.45, 2.75) is 38.8 Å². The van der Waals surface area contributed by atoms with E-state index in [1.165, 1.54) is 18.4 Å². The van der Waals surface area contributed by atoms with Gasteiger partial charge in [-0.05, 0) is 37.8 Å². The summed E-state index contributed by atoms with van der Waals surface area (Å²) in [6, 6.07) is 4.56. The predicted molar refractivity (Wildman–Crippen MR) is 63.4 cm³/mol. The second kappa shape index (κ2) is 3.32. The zero-order chi connectivity index (χ0) is 11.3. The molecule has 0 aromatic heterocycles. The standard InChI is InChI=1S/C13H16N2O/c1-7-3-4-8(2)11-10(7)12(13(16)15-11)14-9-5-6-9/h3-4,9,12,14H,5-6H2,1-2H3,(H,15,16). The highest BCUT2D eigenvalue weighted by Gasteiger charge is 2.36. The quantitative estimate of drug-likeness (QED) is 0.794. The van der Waals surface area contributed by atoms with E-state index in [1.54, 1.807) is 0 Å². The molecule has 2 aliphatic rings. The Morgan fingerprint density at radius 3 is 2.62 bits per heavy atom. The molecule has 1 amide bonds. The summed E-state index contributed by atoms with van der Waals surface area (Å²) >= 11 is 0. The molecule has 0 bridgehead atoms. The van der Waals surface area contributed by atoms with Gasteiger partial charge in [0, 0.05) is 17.3 Å². The van der Waals surface area contributed by atoms with Gasteiger partial charge < -0.3 is 5.32 Å². The van der Waals surface area contributed by atoms with Crippen molar-refractivity contribution in [2.24, 2.45) is 0 Å². The molecule has 16 heavy (non-hydrogen) atoms.